The predicted octanol–water partition coefficient (Wildman–Crippen LogP) is 4.63. The van der Waals surface area contributed by atoms with Crippen molar-refractivity contribution in [2.24, 2.45) is 0 Å². The van der Waals surface area contributed by atoms with Crippen molar-refractivity contribution in [3.8, 4) is 0 Å². The van der Waals surface area contributed by atoms with Gasteiger partial charge in [-0.25, -0.2) is 0 Å². The zero-order chi connectivity index (χ0) is 16.2. The molecular formula is C17H17Cl2N3O. The van der Waals surface area contributed by atoms with Crippen LogP contribution in [0.2, 0.25) is 10.0 Å². The van der Waals surface area contributed by atoms with Gasteiger partial charge in [0.25, 0.3) is 5.91 Å². The summed E-state index contributed by atoms with van der Waals surface area (Å²) in [6, 6.07) is 7.00. The molecule has 1 aliphatic rings. The summed E-state index contributed by atoms with van der Waals surface area (Å²) in [7, 11) is 0. The molecule has 6 heteroatoms. The van der Waals surface area contributed by atoms with Crippen LogP contribution in [-0.2, 0) is 0 Å². The van der Waals surface area contributed by atoms with Gasteiger partial charge >= 0.3 is 0 Å². The minimum absolute atomic E-state index is 0.250. The molecule has 0 unspecified atom stereocenters. The topological polar surface area (TPSA) is 45.2 Å². The van der Waals surface area contributed by atoms with Gasteiger partial charge < -0.3 is 10.2 Å². The summed E-state index contributed by atoms with van der Waals surface area (Å²) in [4.78, 5) is 18.9. The highest BCUT2D eigenvalue weighted by Gasteiger charge is 2.15. The maximum absolute atomic E-state index is 12.4. The molecule has 1 N–H and O–H groups in total. The summed E-state index contributed by atoms with van der Waals surface area (Å²) in [5.41, 5.74) is 1.98. The lowest BCUT2D eigenvalue weighted by molar-refractivity contribution is 0.102. The molecule has 2 aromatic rings. The minimum Gasteiger partial charge on any atom is -0.370 e. The van der Waals surface area contributed by atoms with E-state index in [1.54, 1.807) is 30.6 Å². The Kier molecular flexibility index (Phi) is 5.03. The molecule has 0 spiro atoms. The second-order valence-electron chi connectivity index (χ2n) is 5.54. The Morgan fingerprint density at radius 3 is 2.70 bits per heavy atom. The Hall–Kier alpha value is -1.78. The molecule has 120 valence electrons. The molecule has 0 radical (unpaired) electrons. The molecule has 23 heavy (non-hydrogen) atoms. The fraction of sp³-hybridized carbons (Fsp3) is 0.294. The van der Waals surface area contributed by atoms with Crippen LogP contribution in [0.4, 0.5) is 11.4 Å². The third-order valence-corrected chi connectivity index (χ3v) is 4.73. The second kappa shape index (κ2) is 7.20. The number of hydrogen-bond donors (Lipinski definition) is 1. The maximum Gasteiger partial charge on any atom is 0.257 e. The molecule has 2 heterocycles. The summed E-state index contributed by atoms with van der Waals surface area (Å²) in [5.74, 6) is -0.250. The van der Waals surface area contributed by atoms with Crippen molar-refractivity contribution in [3.63, 3.8) is 0 Å². The molecule has 3 rings (SSSR count). The second-order valence-corrected chi connectivity index (χ2v) is 6.32. The van der Waals surface area contributed by atoms with Crippen LogP contribution in [0.15, 0.2) is 36.7 Å². The van der Waals surface area contributed by atoms with E-state index < -0.39 is 0 Å². The summed E-state index contributed by atoms with van der Waals surface area (Å²) in [6.07, 6.45) is 6.97. The number of carbonyl (C=O) groups excluding carboxylic acids is 1. The molecule has 0 atom stereocenters. The number of benzene rings is 1. The molecule has 0 bridgehead atoms. The lowest BCUT2D eigenvalue weighted by Gasteiger charge is -2.28. The summed E-state index contributed by atoms with van der Waals surface area (Å²) >= 11 is 12.1. The fourth-order valence-corrected chi connectivity index (χ4v) is 3.02. The van der Waals surface area contributed by atoms with Gasteiger partial charge in [0, 0.05) is 19.3 Å². The zero-order valence-corrected chi connectivity index (χ0v) is 14.1. The molecule has 1 aliphatic heterocycles. The van der Waals surface area contributed by atoms with Crippen LogP contribution in [-0.4, -0.2) is 24.0 Å². The standard InChI is InChI=1S/C17H17Cl2N3O/c18-14-5-4-6-15(16(14)19)21-17(23)12-9-13(11-20-10-12)22-7-2-1-3-8-22/h4-6,9-11H,1-3,7-8H2,(H,21,23). The van der Waals surface area contributed by atoms with Crippen LogP contribution in [0.5, 0.6) is 0 Å². The first-order chi connectivity index (χ1) is 11.1. The number of piperidine rings is 1. The lowest BCUT2D eigenvalue weighted by atomic mass is 10.1. The number of anilines is 2. The lowest BCUT2D eigenvalue weighted by Crippen LogP contribution is -2.29. The van der Waals surface area contributed by atoms with Gasteiger partial charge in [-0.1, -0.05) is 29.3 Å². The summed E-state index contributed by atoms with van der Waals surface area (Å²) in [5, 5.41) is 3.53. The SMILES string of the molecule is O=C(Nc1cccc(Cl)c1Cl)c1cncc(N2CCCCC2)c1. The number of aromatic nitrogens is 1. The first-order valence-corrected chi connectivity index (χ1v) is 8.36. The van der Waals surface area contributed by atoms with Crippen molar-refractivity contribution in [2.45, 2.75) is 19.3 Å². The number of hydrogen-bond acceptors (Lipinski definition) is 3. The molecular weight excluding hydrogens is 333 g/mol. The third kappa shape index (κ3) is 3.77. The normalized spacial score (nSPS) is 14.6. The van der Waals surface area contributed by atoms with Gasteiger partial charge in [0.1, 0.15) is 0 Å². The van der Waals surface area contributed by atoms with E-state index in [9.17, 15) is 4.79 Å². The Labute approximate surface area is 145 Å². The van der Waals surface area contributed by atoms with Crippen LogP contribution in [0.1, 0.15) is 29.6 Å². The van der Waals surface area contributed by atoms with Gasteiger partial charge in [0.15, 0.2) is 0 Å². The van der Waals surface area contributed by atoms with Gasteiger partial charge in [-0.05, 0) is 37.5 Å². The van der Waals surface area contributed by atoms with Crippen molar-refractivity contribution in [1.29, 1.82) is 0 Å². The fourth-order valence-electron chi connectivity index (χ4n) is 2.67. The van der Waals surface area contributed by atoms with Crippen LogP contribution >= 0.6 is 23.2 Å². The molecule has 0 saturated carbocycles. The average molecular weight is 350 g/mol. The average Bonchev–Trinajstić information content (AvgIpc) is 2.60. The van der Waals surface area contributed by atoms with Crippen LogP contribution in [0.3, 0.4) is 0 Å². The van der Waals surface area contributed by atoms with Crippen LogP contribution < -0.4 is 10.2 Å². The van der Waals surface area contributed by atoms with Gasteiger partial charge in [-0.2, -0.15) is 0 Å². The van der Waals surface area contributed by atoms with Gasteiger partial charge in [0.05, 0.1) is 33.2 Å². The Bertz CT molecular complexity index is 715. The Morgan fingerprint density at radius 1 is 1.13 bits per heavy atom. The van der Waals surface area contributed by atoms with E-state index in [0.717, 1.165) is 18.8 Å². The van der Waals surface area contributed by atoms with E-state index >= 15 is 0 Å². The van der Waals surface area contributed by atoms with Gasteiger partial charge in [-0.15, -0.1) is 0 Å². The number of halogens is 2. The number of rotatable bonds is 3. The molecule has 1 aromatic carbocycles. The molecule has 0 aliphatic carbocycles. The Morgan fingerprint density at radius 2 is 1.91 bits per heavy atom. The number of pyridine rings is 1. The van der Waals surface area contributed by atoms with E-state index in [1.165, 1.54) is 19.3 Å². The van der Waals surface area contributed by atoms with Crippen molar-refractivity contribution in [1.82, 2.24) is 4.98 Å². The third-order valence-electron chi connectivity index (χ3n) is 3.91. The van der Waals surface area contributed by atoms with Crippen LogP contribution in [0.25, 0.3) is 0 Å². The smallest absolute Gasteiger partial charge is 0.257 e. The van der Waals surface area contributed by atoms with E-state index in [-0.39, 0.29) is 5.91 Å². The molecule has 4 nitrogen and oxygen atoms in total. The highest BCUT2D eigenvalue weighted by molar-refractivity contribution is 6.44. The van der Waals surface area contributed by atoms with E-state index in [4.69, 9.17) is 23.2 Å². The van der Waals surface area contributed by atoms with Crippen molar-refractivity contribution in [2.75, 3.05) is 23.3 Å². The quantitative estimate of drug-likeness (QED) is 0.878. The molecule has 1 aromatic heterocycles. The van der Waals surface area contributed by atoms with E-state index in [1.807, 2.05) is 6.07 Å². The highest BCUT2D eigenvalue weighted by atomic mass is 35.5. The maximum atomic E-state index is 12.4. The predicted molar refractivity (Wildman–Crippen MR) is 94.7 cm³/mol. The molecule has 1 saturated heterocycles. The van der Waals surface area contributed by atoms with Crippen LogP contribution in [0, 0.1) is 0 Å². The van der Waals surface area contributed by atoms with Crippen molar-refractivity contribution < 1.29 is 4.79 Å². The largest absolute Gasteiger partial charge is 0.370 e. The number of amides is 1. The summed E-state index contributed by atoms with van der Waals surface area (Å²) in [6.45, 7) is 2.01. The Balaban J connectivity index is 1.78. The van der Waals surface area contributed by atoms with Crippen molar-refractivity contribution in [3.05, 3.63) is 52.3 Å². The van der Waals surface area contributed by atoms with Gasteiger partial charge in [-0.3, -0.25) is 9.78 Å². The molecule has 1 fully saturated rings. The van der Waals surface area contributed by atoms with E-state index in [0.29, 0.717) is 21.3 Å². The monoisotopic (exact) mass is 349 g/mol. The number of nitrogens with zero attached hydrogens (tertiary/aromatic N) is 2. The first kappa shape index (κ1) is 16.1. The number of nitrogens with one attached hydrogen (secondary N) is 1. The molecule has 1 amide bonds. The highest BCUT2D eigenvalue weighted by Crippen LogP contribution is 2.30. The van der Waals surface area contributed by atoms with E-state index in [2.05, 4.69) is 15.2 Å². The first-order valence-electron chi connectivity index (χ1n) is 7.60. The minimum atomic E-state index is -0.250. The van der Waals surface area contributed by atoms with Gasteiger partial charge in [0.2, 0.25) is 0 Å². The summed E-state index contributed by atoms with van der Waals surface area (Å²) < 4.78 is 0. The number of carbonyl (C=O) groups is 1. The van der Waals surface area contributed by atoms with Crippen molar-refractivity contribution >= 4 is 40.5 Å². The zero-order valence-electron chi connectivity index (χ0n) is 12.6.